The van der Waals surface area contributed by atoms with E-state index < -0.39 is 23.4 Å². The molecule has 5 N–H and O–H groups in total. The Kier molecular flexibility index (Phi) is 9.54. The monoisotopic (exact) mass is 530 g/mol. The molecule has 38 heavy (non-hydrogen) atoms. The summed E-state index contributed by atoms with van der Waals surface area (Å²) in [5.74, 6) is -0.344. The van der Waals surface area contributed by atoms with Crippen molar-refractivity contribution in [3.8, 4) is 5.75 Å². The zero-order valence-corrected chi connectivity index (χ0v) is 21.3. The summed E-state index contributed by atoms with van der Waals surface area (Å²) in [4.78, 5) is 12.7. The molecule has 1 amide bonds. The summed E-state index contributed by atoms with van der Waals surface area (Å²) < 4.78 is 38.7. The van der Waals surface area contributed by atoms with E-state index >= 15 is 0 Å². The van der Waals surface area contributed by atoms with Gasteiger partial charge in [-0.3, -0.25) is 4.79 Å². The lowest BCUT2D eigenvalue weighted by molar-refractivity contribution is -0.137. The van der Waals surface area contributed by atoms with Crippen LogP contribution in [0.25, 0.3) is 0 Å². The quantitative estimate of drug-likeness (QED) is 0.251. The predicted molar refractivity (Wildman–Crippen MR) is 139 cm³/mol. The van der Waals surface area contributed by atoms with Crippen molar-refractivity contribution in [1.82, 2.24) is 10.6 Å². The molecule has 3 aromatic carbocycles. The van der Waals surface area contributed by atoms with Crippen LogP contribution in [-0.4, -0.2) is 39.9 Å². The SMILES string of the molecule is CC(C)(Cc1cccc(C(=O)NCCc2cccc(C(F)(F)F)c2)c1)NC[C@@H](O)c1ccc(O)c(CO)c1. The fourth-order valence-corrected chi connectivity index (χ4v) is 4.15. The maximum Gasteiger partial charge on any atom is 0.416 e. The normalized spacial score (nSPS) is 12.8. The van der Waals surface area contributed by atoms with E-state index in [-0.39, 0.29) is 37.8 Å². The molecule has 6 nitrogen and oxygen atoms in total. The number of carbonyl (C=O) groups is 1. The molecule has 0 aromatic heterocycles. The third-order valence-electron chi connectivity index (χ3n) is 6.22. The van der Waals surface area contributed by atoms with Crippen LogP contribution in [0.15, 0.2) is 66.7 Å². The van der Waals surface area contributed by atoms with E-state index in [1.807, 2.05) is 19.9 Å². The van der Waals surface area contributed by atoms with Crippen molar-refractivity contribution in [2.75, 3.05) is 13.1 Å². The molecule has 9 heteroatoms. The van der Waals surface area contributed by atoms with Gasteiger partial charge in [0.25, 0.3) is 5.91 Å². The standard InChI is InChI=1S/C29H33F3N2O4/c1-28(2,34-17-26(37)21-9-10-25(36)23(15-21)18-35)16-20-6-3-7-22(13-20)27(38)33-12-11-19-5-4-8-24(14-19)29(30,31)32/h3-10,13-15,26,34-37H,11-12,16-18H2,1-2H3,(H,33,38)/t26-/m1/s1. The Bertz CT molecular complexity index is 1240. The number of halogens is 3. The molecule has 0 aliphatic heterocycles. The van der Waals surface area contributed by atoms with E-state index in [2.05, 4.69) is 10.6 Å². The maximum atomic E-state index is 12.9. The summed E-state index contributed by atoms with van der Waals surface area (Å²) in [6.07, 6.45) is -4.43. The molecule has 0 bridgehead atoms. The summed E-state index contributed by atoms with van der Waals surface area (Å²) in [6, 6.07) is 16.8. The van der Waals surface area contributed by atoms with Gasteiger partial charge in [0.15, 0.2) is 0 Å². The van der Waals surface area contributed by atoms with Gasteiger partial charge in [-0.05, 0) is 73.7 Å². The van der Waals surface area contributed by atoms with Crippen LogP contribution in [0.4, 0.5) is 13.2 Å². The first-order valence-electron chi connectivity index (χ1n) is 12.3. The van der Waals surface area contributed by atoms with E-state index in [1.165, 1.54) is 12.1 Å². The van der Waals surface area contributed by atoms with Gasteiger partial charge in [-0.2, -0.15) is 13.2 Å². The summed E-state index contributed by atoms with van der Waals surface area (Å²) in [7, 11) is 0. The van der Waals surface area contributed by atoms with Crippen molar-refractivity contribution >= 4 is 5.91 Å². The number of benzene rings is 3. The molecule has 0 radical (unpaired) electrons. The molecule has 0 saturated carbocycles. The fraction of sp³-hybridized carbons (Fsp3) is 0.345. The summed E-state index contributed by atoms with van der Waals surface area (Å²) in [5, 5.41) is 35.7. The first-order chi connectivity index (χ1) is 17.9. The number of aliphatic hydroxyl groups is 2. The molecule has 0 aliphatic carbocycles. The largest absolute Gasteiger partial charge is 0.508 e. The highest BCUT2D eigenvalue weighted by atomic mass is 19.4. The Labute approximate surface area is 220 Å². The van der Waals surface area contributed by atoms with E-state index in [0.29, 0.717) is 28.7 Å². The van der Waals surface area contributed by atoms with E-state index in [9.17, 15) is 33.3 Å². The highest BCUT2D eigenvalue weighted by molar-refractivity contribution is 5.94. The Hall–Kier alpha value is -3.40. The lowest BCUT2D eigenvalue weighted by atomic mass is 9.93. The van der Waals surface area contributed by atoms with Crippen LogP contribution in [0.2, 0.25) is 0 Å². The number of hydrogen-bond donors (Lipinski definition) is 5. The number of β-amino-alcohol motifs (C(OH)–C–C–N with tert-alkyl or cyclic N) is 1. The fourth-order valence-electron chi connectivity index (χ4n) is 4.15. The molecule has 0 fully saturated rings. The van der Waals surface area contributed by atoms with E-state index in [0.717, 1.165) is 17.7 Å². The minimum atomic E-state index is -4.41. The Morgan fingerprint density at radius 3 is 2.39 bits per heavy atom. The number of aliphatic hydroxyl groups excluding tert-OH is 2. The lowest BCUT2D eigenvalue weighted by Gasteiger charge is -2.28. The minimum absolute atomic E-state index is 0.0312. The number of hydrogen-bond acceptors (Lipinski definition) is 5. The van der Waals surface area contributed by atoms with Gasteiger partial charge in [-0.1, -0.05) is 36.4 Å². The zero-order valence-electron chi connectivity index (χ0n) is 21.3. The van der Waals surface area contributed by atoms with Crippen LogP contribution in [0.5, 0.6) is 5.75 Å². The van der Waals surface area contributed by atoms with Gasteiger partial charge in [0.05, 0.1) is 18.3 Å². The van der Waals surface area contributed by atoms with E-state index in [4.69, 9.17) is 0 Å². The third-order valence-corrected chi connectivity index (χ3v) is 6.22. The van der Waals surface area contributed by atoms with Crippen LogP contribution >= 0.6 is 0 Å². The zero-order chi connectivity index (χ0) is 27.9. The maximum absolute atomic E-state index is 12.9. The molecule has 1 atom stereocenters. The lowest BCUT2D eigenvalue weighted by Crippen LogP contribution is -2.43. The van der Waals surface area contributed by atoms with Crippen LogP contribution in [0.3, 0.4) is 0 Å². The summed E-state index contributed by atoms with van der Waals surface area (Å²) in [6.45, 7) is 4.04. The Balaban J connectivity index is 1.54. The highest BCUT2D eigenvalue weighted by Crippen LogP contribution is 2.29. The summed E-state index contributed by atoms with van der Waals surface area (Å²) >= 11 is 0. The number of amides is 1. The second kappa shape index (κ2) is 12.4. The number of carbonyl (C=O) groups excluding carboxylic acids is 1. The topological polar surface area (TPSA) is 102 Å². The average molecular weight is 531 g/mol. The molecule has 0 aliphatic rings. The number of phenols is 1. The molecule has 0 heterocycles. The van der Waals surface area contributed by atoms with Gasteiger partial charge in [0, 0.05) is 29.8 Å². The van der Waals surface area contributed by atoms with Crippen LogP contribution in [0, 0.1) is 0 Å². The number of aromatic hydroxyl groups is 1. The van der Waals surface area contributed by atoms with Gasteiger partial charge >= 0.3 is 6.18 Å². The smallest absolute Gasteiger partial charge is 0.416 e. The van der Waals surface area contributed by atoms with Gasteiger partial charge in [-0.25, -0.2) is 0 Å². The molecule has 3 aromatic rings. The Morgan fingerprint density at radius 2 is 1.68 bits per heavy atom. The van der Waals surface area contributed by atoms with Crippen molar-refractivity contribution in [3.63, 3.8) is 0 Å². The van der Waals surface area contributed by atoms with Crippen LogP contribution in [-0.2, 0) is 25.6 Å². The third kappa shape index (κ3) is 8.31. The first-order valence-corrected chi connectivity index (χ1v) is 12.3. The molecule has 204 valence electrons. The molecular weight excluding hydrogens is 497 g/mol. The predicted octanol–water partition coefficient (Wildman–Crippen LogP) is 4.52. The van der Waals surface area contributed by atoms with Crippen LogP contribution in [0.1, 0.15) is 58.1 Å². The van der Waals surface area contributed by atoms with Crippen molar-refractivity contribution in [1.29, 1.82) is 0 Å². The van der Waals surface area contributed by atoms with Crippen molar-refractivity contribution in [2.24, 2.45) is 0 Å². The molecular formula is C29H33F3N2O4. The molecule has 0 saturated heterocycles. The van der Waals surface area contributed by atoms with Crippen molar-refractivity contribution in [3.05, 3.63) is 100 Å². The van der Waals surface area contributed by atoms with E-state index in [1.54, 1.807) is 36.4 Å². The molecule has 0 unspecified atom stereocenters. The minimum Gasteiger partial charge on any atom is -0.508 e. The van der Waals surface area contributed by atoms with Gasteiger partial charge in [-0.15, -0.1) is 0 Å². The van der Waals surface area contributed by atoms with Gasteiger partial charge in [0.2, 0.25) is 0 Å². The van der Waals surface area contributed by atoms with Crippen molar-refractivity contribution < 1.29 is 33.3 Å². The second-order valence-electron chi connectivity index (χ2n) is 9.91. The molecule has 0 spiro atoms. The number of rotatable bonds is 11. The first kappa shape index (κ1) is 29.2. The molecule has 3 rings (SSSR count). The number of nitrogens with one attached hydrogen (secondary N) is 2. The Morgan fingerprint density at radius 1 is 0.974 bits per heavy atom. The van der Waals surface area contributed by atoms with Crippen molar-refractivity contribution in [2.45, 2.75) is 51.1 Å². The summed E-state index contributed by atoms with van der Waals surface area (Å²) in [5.41, 5.74) is 1.60. The number of alkyl halides is 3. The van der Waals surface area contributed by atoms with Gasteiger partial charge in [0.1, 0.15) is 5.75 Å². The average Bonchev–Trinajstić information content (AvgIpc) is 2.87. The van der Waals surface area contributed by atoms with Gasteiger partial charge < -0.3 is 26.0 Å². The second-order valence-corrected chi connectivity index (χ2v) is 9.91. The van der Waals surface area contributed by atoms with Crippen LogP contribution < -0.4 is 10.6 Å². The highest BCUT2D eigenvalue weighted by Gasteiger charge is 2.30.